The Balaban J connectivity index is 1.67. The number of hydrogen-bond donors (Lipinski definition) is 2. The zero-order chi connectivity index (χ0) is 52.5. The highest BCUT2D eigenvalue weighted by atomic mass is 16.6. The van der Waals surface area contributed by atoms with Gasteiger partial charge in [0.25, 0.3) is 0 Å². The molecule has 1 atom stereocenters. The van der Waals surface area contributed by atoms with Gasteiger partial charge in [0, 0.05) is 0 Å². The molecule has 0 spiro atoms. The van der Waals surface area contributed by atoms with Crippen molar-refractivity contribution in [2.75, 3.05) is 26.4 Å². The first-order valence-electron chi connectivity index (χ1n) is 33.3. The van der Waals surface area contributed by atoms with Crippen LogP contribution in [0.5, 0.6) is 0 Å². The van der Waals surface area contributed by atoms with Crippen LogP contribution in [0.15, 0.2) is 12.2 Å². The minimum atomic E-state index is -1.12. The van der Waals surface area contributed by atoms with Gasteiger partial charge >= 0.3 is 11.9 Å². The molecule has 0 aliphatic carbocycles. The first-order chi connectivity index (χ1) is 36.1. The van der Waals surface area contributed by atoms with E-state index in [1.807, 2.05) is 0 Å². The van der Waals surface area contributed by atoms with Crippen molar-refractivity contribution in [2.24, 2.45) is 11.3 Å². The Morgan fingerprint density at radius 3 is 0.849 bits per heavy atom. The molecule has 1 rings (SSSR count). The van der Waals surface area contributed by atoms with Gasteiger partial charge in [-0.25, -0.2) is 0 Å². The Morgan fingerprint density at radius 1 is 0.356 bits per heavy atom. The molecule has 0 radical (unpaired) electrons. The highest BCUT2D eigenvalue weighted by Gasteiger charge is 2.36. The van der Waals surface area contributed by atoms with E-state index in [2.05, 4.69) is 19.1 Å². The Labute approximate surface area is 455 Å². The average Bonchev–Trinajstić information content (AvgIpc) is 3.46. The van der Waals surface area contributed by atoms with Crippen LogP contribution in [0.25, 0.3) is 0 Å². The molecule has 73 heavy (non-hydrogen) atoms. The van der Waals surface area contributed by atoms with Crippen LogP contribution in [0.3, 0.4) is 0 Å². The maximum atomic E-state index is 12.5. The lowest BCUT2D eigenvalue weighted by Crippen LogP contribution is -2.40. The summed E-state index contributed by atoms with van der Waals surface area (Å²) in [5, 5.41) is 19.2. The second kappa shape index (κ2) is 56.8. The quantitative estimate of drug-likeness (QED) is 0.0358. The molecular weight excluding hydrogens is 901 g/mol. The molecule has 6 heteroatoms. The zero-order valence-corrected chi connectivity index (χ0v) is 49.2. The summed E-state index contributed by atoms with van der Waals surface area (Å²) in [5.41, 5.74) is -1.12. The van der Waals surface area contributed by atoms with E-state index in [1.54, 1.807) is 0 Å². The van der Waals surface area contributed by atoms with Gasteiger partial charge in [-0.3, -0.25) is 9.59 Å². The number of carbonyl (C=O) groups excluding carboxylic acids is 2. The number of esters is 2. The van der Waals surface area contributed by atoms with Crippen molar-refractivity contribution in [3.8, 4) is 0 Å². The third-order valence-electron chi connectivity index (χ3n) is 16.5. The molecule has 0 aromatic heterocycles. The fraction of sp³-hybridized carbons (Fsp3) is 0.940. The number of carbonyl (C=O) groups is 2. The van der Waals surface area contributed by atoms with Crippen LogP contribution in [0, 0.1) is 11.3 Å². The first kappa shape index (κ1) is 69.6. The van der Waals surface area contributed by atoms with Crippen LogP contribution in [0.2, 0.25) is 0 Å². The van der Waals surface area contributed by atoms with Crippen molar-refractivity contribution in [3.05, 3.63) is 12.2 Å². The normalized spacial score (nSPS) is 15.2. The number of rotatable bonds is 58. The predicted molar refractivity (Wildman–Crippen MR) is 315 cm³/mol. The largest absolute Gasteiger partial charge is 0.465 e. The van der Waals surface area contributed by atoms with Gasteiger partial charge in [-0.05, 0) is 32.1 Å². The van der Waals surface area contributed by atoms with Gasteiger partial charge < -0.3 is 19.7 Å². The molecule has 6 nitrogen and oxygen atoms in total. The van der Waals surface area contributed by atoms with E-state index in [-0.39, 0.29) is 19.6 Å². The molecule has 1 fully saturated rings. The SMILES string of the molecule is CCCCCCCCCCCCCCCCCCC/C=C/CCCCCCCCCCCCCCCCCCCCCCCCCCCCCCCCCCCCCC1CC(=O)OCC(CO)(CO)COC1=O. The summed E-state index contributed by atoms with van der Waals surface area (Å²) in [6, 6.07) is 0. The van der Waals surface area contributed by atoms with Crippen LogP contribution in [-0.2, 0) is 19.1 Å². The fourth-order valence-corrected chi connectivity index (χ4v) is 11.1. The first-order valence-corrected chi connectivity index (χ1v) is 33.3. The summed E-state index contributed by atoms with van der Waals surface area (Å²) >= 11 is 0. The van der Waals surface area contributed by atoms with Gasteiger partial charge in [0.05, 0.1) is 31.0 Å². The lowest BCUT2D eigenvalue weighted by molar-refractivity contribution is -0.155. The Kier molecular flexibility index (Phi) is 54.2. The summed E-state index contributed by atoms with van der Waals surface area (Å²) < 4.78 is 10.6. The summed E-state index contributed by atoms with van der Waals surface area (Å²) in [4.78, 5) is 24.7. The molecule has 0 aromatic rings. The second-order valence-corrected chi connectivity index (χ2v) is 23.9. The van der Waals surface area contributed by atoms with Crippen LogP contribution < -0.4 is 0 Å². The van der Waals surface area contributed by atoms with Crippen LogP contribution >= 0.6 is 0 Å². The molecule has 0 amide bonds. The number of aliphatic hydroxyl groups excluding tert-OH is 2. The number of ether oxygens (including phenoxy) is 2. The molecule has 1 unspecified atom stereocenters. The minimum Gasteiger partial charge on any atom is -0.465 e. The van der Waals surface area contributed by atoms with Crippen LogP contribution in [0.4, 0.5) is 0 Å². The third-order valence-corrected chi connectivity index (χ3v) is 16.5. The third kappa shape index (κ3) is 48.7. The van der Waals surface area contributed by atoms with Crippen molar-refractivity contribution in [1.29, 1.82) is 0 Å². The highest BCUT2D eigenvalue weighted by Crippen LogP contribution is 2.25. The van der Waals surface area contributed by atoms with Gasteiger partial charge in [0.1, 0.15) is 13.2 Å². The lowest BCUT2D eigenvalue weighted by Gasteiger charge is -2.27. The van der Waals surface area contributed by atoms with Gasteiger partial charge in [-0.15, -0.1) is 0 Å². The zero-order valence-electron chi connectivity index (χ0n) is 49.2. The molecule has 1 aliphatic rings. The number of aliphatic hydroxyl groups is 2. The molecule has 0 aromatic carbocycles. The van der Waals surface area contributed by atoms with Gasteiger partial charge in [0.15, 0.2) is 0 Å². The van der Waals surface area contributed by atoms with E-state index in [0.717, 1.165) is 19.3 Å². The second-order valence-electron chi connectivity index (χ2n) is 23.9. The van der Waals surface area contributed by atoms with E-state index in [0.29, 0.717) is 6.42 Å². The molecular formula is C67H128O6. The van der Waals surface area contributed by atoms with E-state index in [4.69, 9.17) is 9.47 Å². The van der Waals surface area contributed by atoms with Crippen molar-refractivity contribution in [1.82, 2.24) is 0 Å². The van der Waals surface area contributed by atoms with Gasteiger partial charge in [-0.2, -0.15) is 0 Å². The predicted octanol–water partition coefficient (Wildman–Crippen LogP) is 21.1. The monoisotopic (exact) mass is 1030 g/mol. The summed E-state index contributed by atoms with van der Waals surface area (Å²) in [7, 11) is 0. The van der Waals surface area contributed by atoms with Crippen molar-refractivity contribution < 1.29 is 29.3 Å². The number of unbranched alkanes of at least 4 members (excludes halogenated alkanes) is 52. The average molecular weight is 1030 g/mol. The van der Waals surface area contributed by atoms with Crippen LogP contribution in [0.1, 0.15) is 366 Å². The van der Waals surface area contributed by atoms with Gasteiger partial charge in [0.2, 0.25) is 0 Å². The maximum absolute atomic E-state index is 12.5. The van der Waals surface area contributed by atoms with E-state index in [9.17, 15) is 19.8 Å². The summed E-state index contributed by atoms with van der Waals surface area (Å²) in [5.74, 6) is -1.40. The topological polar surface area (TPSA) is 93.1 Å². The maximum Gasteiger partial charge on any atom is 0.309 e. The fourth-order valence-electron chi connectivity index (χ4n) is 11.1. The smallest absolute Gasteiger partial charge is 0.309 e. The Bertz CT molecular complexity index is 1150. The van der Waals surface area contributed by atoms with E-state index < -0.39 is 36.5 Å². The van der Waals surface area contributed by atoms with E-state index >= 15 is 0 Å². The molecule has 0 bridgehead atoms. The van der Waals surface area contributed by atoms with Crippen molar-refractivity contribution in [3.63, 3.8) is 0 Å². The molecule has 1 aliphatic heterocycles. The number of allylic oxidation sites excluding steroid dienone is 2. The molecule has 0 saturated carbocycles. The number of hydrogen-bond acceptors (Lipinski definition) is 6. The van der Waals surface area contributed by atoms with Crippen molar-refractivity contribution in [2.45, 2.75) is 366 Å². The van der Waals surface area contributed by atoms with Crippen molar-refractivity contribution >= 4 is 11.9 Å². The highest BCUT2D eigenvalue weighted by molar-refractivity contribution is 5.80. The Hall–Kier alpha value is -1.40. The molecule has 1 saturated heterocycles. The lowest BCUT2D eigenvalue weighted by atomic mass is 9.92. The van der Waals surface area contributed by atoms with Crippen LogP contribution in [-0.4, -0.2) is 48.6 Å². The molecule has 2 N–H and O–H groups in total. The molecule has 1 heterocycles. The minimum absolute atomic E-state index is 0.00498. The number of cyclic esters (lactones) is 2. The summed E-state index contributed by atoms with van der Waals surface area (Å²) in [6.07, 6.45) is 81.6. The molecule has 432 valence electrons. The van der Waals surface area contributed by atoms with E-state index in [1.165, 1.54) is 327 Å². The Morgan fingerprint density at radius 2 is 0.589 bits per heavy atom. The summed E-state index contributed by atoms with van der Waals surface area (Å²) in [6.45, 7) is 1.21. The van der Waals surface area contributed by atoms with Gasteiger partial charge in [-0.1, -0.05) is 340 Å². The standard InChI is InChI=1S/C67H128O6/c1-2-3-4-5-6-7-8-9-10-11-12-13-14-15-16-17-18-19-20-21-22-23-24-25-26-27-28-29-30-31-32-33-34-35-36-37-38-39-40-41-42-43-44-45-46-47-48-49-50-51-52-53-54-55-56-57-58-64-59-65(70)72-62-67(60-68,61-69)63-73-66(64)71/h20-21,64,68-69H,2-19,22-63H2,1H3/b21-20+.